The highest BCUT2D eigenvalue weighted by molar-refractivity contribution is 7.99. The Morgan fingerprint density at radius 2 is 2.25 bits per heavy atom. The molecule has 2 atom stereocenters. The van der Waals surface area contributed by atoms with Gasteiger partial charge >= 0.3 is 0 Å². The van der Waals surface area contributed by atoms with E-state index in [1.807, 2.05) is 11.8 Å². The minimum absolute atomic E-state index is 0.773. The van der Waals surface area contributed by atoms with Crippen LogP contribution in [-0.4, -0.2) is 18.8 Å². The lowest BCUT2D eigenvalue weighted by Crippen LogP contribution is -2.22. The fourth-order valence-corrected chi connectivity index (χ4v) is 3.66. The van der Waals surface area contributed by atoms with Crippen molar-refractivity contribution < 1.29 is 0 Å². The Hall–Kier alpha value is -0.470. The van der Waals surface area contributed by atoms with Crippen LogP contribution >= 0.6 is 11.8 Å². The molecule has 0 bridgehead atoms. The predicted molar refractivity (Wildman–Crippen MR) is 72.2 cm³/mol. The first kappa shape index (κ1) is 12.0. The maximum Gasteiger partial charge on any atom is 0.0107 e. The Morgan fingerprint density at radius 3 is 3.06 bits per heavy atom. The molecule has 1 aromatic carbocycles. The quantitative estimate of drug-likeness (QED) is 0.838. The second-order valence-corrected chi connectivity index (χ2v) is 5.76. The van der Waals surface area contributed by atoms with Crippen LogP contribution in [0, 0.1) is 5.92 Å². The van der Waals surface area contributed by atoms with Gasteiger partial charge in [0.05, 0.1) is 0 Å². The van der Waals surface area contributed by atoms with Gasteiger partial charge in [-0.2, -0.15) is 0 Å². The zero-order valence-electron chi connectivity index (χ0n) is 10.2. The van der Waals surface area contributed by atoms with Crippen LogP contribution in [0.15, 0.2) is 29.2 Å². The van der Waals surface area contributed by atoms with E-state index in [2.05, 4.69) is 43.4 Å². The van der Waals surface area contributed by atoms with Crippen LogP contribution in [0.4, 0.5) is 0 Å². The van der Waals surface area contributed by atoms with Gasteiger partial charge in [-0.25, -0.2) is 0 Å². The van der Waals surface area contributed by atoms with Crippen molar-refractivity contribution in [3.63, 3.8) is 0 Å². The van der Waals surface area contributed by atoms with Gasteiger partial charge in [-0.3, -0.25) is 0 Å². The maximum atomic E-state index is 3.44. The minimum atomic E-state index is 0.773. The standard InChI is InChI=1S/C14H21NS/c1-3-15-9-11(2)8-12-10-16-14-7-5-4-6-13(12)14/h4-7,11-12,15H,3,8-10H2,1-2H3. The second-order valence-electron chi connectivity index (χ2n) is 4.69. The first-order chi connectivity index (χ1) is 7.81. The SMILES string of the molecule is CCNCC(C)CC1CSc2ccccc21. The molecule has 0 spiro atoms. The van der Waals surface area contributed by atoms with E-state index in [9.17, 15) is 0 Å². The van der Waals surface area contributed by atoms with E-state index in [1.54, 1.807) is 5.56 Å². The summed E-state index contributed by atoms with van der Waals surface area (Å²) in [5.41, 5.74) is 1.58. The third kappa shape index (κ3) is 2.80. The normalized spacial score (nSPS) is 20.8. The topological polar surface area (TPSA) is 12.0 Å². The molecule has 1 heterocycles. The molecule has 1 aliphatic rings. The van der Waals surface area contributed by atoms with Gasteiger partial charge in [0.15, 0.2) is 0 Å². The first-order valence-electron chi connectivity index (χ1n) is 6.23. The van der Waals surface area contributed by atoms with Crippen molar-refractivity contribution in [2.75, 3.05) is 18.8 Å². The lowest BCUT2D eigenvalue weighted by Gasteiger charge is -2.17. The number of benzene rings is 1. The highest BCUT2D eigenvalue weighted by Gasteiger charge is 2.23. The summed E-state index contributed by atoms with van der Waals surface area (Å²) >= 11 is 2.02. The van der Waals surface area contributed by atoms with E-state index in [1.165, 1.54) is 17.1 Å². The highest BCUT2D eigenvalue weighted by atomic mass is 32.2. The summed E-state index contributed by atoms with van der Waals surface area (Å²) in [5.74, 6) is 2.82. The van der Waals surface area contributed by atoms with Gasteiger partial charge in [0, 0.05) is 10.6 Å². The van der Waals surface area contributed by atoms with Crippen molar-refractivity contribution in [3.8, 4) is 0 Å². The first-order valence-corrected chi connectivity index (χ1v) is 7.22. The summed E-state index contributed by atoms with van der Waals surface area (Å²) in [6.45, 7) is 6.77. The fourth-order valence-electron chi connectivity index (χ4n) is 2.38. The zero-order chi connectivity index (χ0) is 11.4. The summed E-state index contributed by atoms with van der Waals surface area (Å²) in [6.07, 6.45) is 1.32. The van der Waals surface area contributed by atoms with Gasteiger partial charge in [-0.1, -0.05) is 32.0 Å². The smallest absolute Gasteiger partial charge is 0.0107 e. The molecule has 2 rings (SSSR count). The average molecular weight is 235 g/mol. The third-order valence-corrected chi connectivity index (χ3v) is 4.48. The van der Waals surface area contributed by atoms with Crippen LogP contribution in [0.1, 0.15) is 31.7 Å². The molecule has 1 aromatic rings. The monoisotopic (exact) mass is 235 g/mol. The van der Waals surface area contributed by atoms with Crippen LogP contribution in [0.3, 0.4) is 0 Å². The molecule has 2 unspecified atom stereocenters. The van der Waals surface area contributed by atoms with Crippen LogP contribution in [0.25, 0.3) is 0 Å². The summed E-state index contributed by atoms with van der Waals surface area (Å²) in [4.78, 5) is 1.50. The molecule has 2 heteroatoms. The lowest BCUT2D eigenvalue weighted by molar-refractivity contribution is 0.457. The number of fused-ring (bicyclic) bond motifs is 1. The van der Waals surface area contributed by atoms with E-state index >= 15 is 0 Å². The van der Waals surface area contributed by atoms with E-state index in [0.717, 1.165) is 24.9 Å². The number of nitrogens with one attached hydrogen (secondary N) is 1. The molecule has 0 fully saturated rings. The Balaban J connectivity index is 1.92. The summed E-state index contributed by atoms with van der Waals surface area (Å²) in [7, 11) is 0. The average Bonchev–Trinajstić information content (AvgIpc) is 2.70. The van der Waals surface area contributed by atoms with Gasteiger partial charge < -0.3 is 5.32 Å². The Morgan fingerprint density at radius 1 is 1.44 bits per heavy atom. The van der Waals surface area contributed by atoms with E-state index in [4.69, 9.17) is 0 Å². The van der Waals surface area contributed by atoms with Crippen LogP contribution < -0.4 is 5.32 Å². The van der Waals surface area contributed by atoms with Crippen LogP contribution in [0.5, 0.6) is 0 Å². The van der Waals surface area contributed by atoms with Crippen LogP contribution in [0.2, 0.25) is 0 Å². The van der Waals surface area contributed by atoms with Gasteiger partial charge in [0.2, 0.25) is 0 Å². The Labute approximate surface area is 103 Å². The molecule has 0 aromatic heterocycles. The van der Waals surface area contributed by atoms with E-state index in [-0.39, 0.29) is 0 Å². The van der Waals surface area contributed by atoms with Gasteiger partial charge in [-0.05, 0) is 43.0 Å². The zero-order valence-corrected chi connectivity index (χ0v) is 11.0. The van der Waals surface area contributed by atoms with E-state index in [0.29, 0.717) is 0 Å². The van der Waals surface area contributed by atoms with E-state index < -0.39 is 0 Å². The summed E-state index contributed by atoms with van der Waals surface area (Å²) in [6, 6.07) is 8.89. The molecule has 0 saturated heterocycles. The summed E-state index contributed by atoms with van der Waals surface area (Å²) < 4.78 is 0. The van der Waals surface area contributed by atoms with Gasteiger partial charge in [0.1, 0.15) is 0 Å². The third-order valence-electron chi connectivity index (χ3n) is 3.23. The Kier molecular flexibility index (Phi) is 4.30. The highest BCUT2D eigenvalue weighted by Crippen LogP contribution is 2.42. The van der Waals surface area contributed by atoms with Crippen LogP contribution in [-0.2, 0) is 0 Å². The van der Waals surface area contributed by atoms with Gasteiger partial charge in [0.25, 0.3) is 0 Å². The molecule has 1 nitrogen and oxygen atoms in total. The number of rotatable bonds is 5. The molecule has 0 radical (unpaired) electrons. The molecule has 0 amide bonds. The fraction of sp³-hybridized carbons (Fsp3) is 0.571. The number of thioether (sulfide) groups is 1. The molecule has 16 heavy (non-hydrogen) atoms. The van der Waals surface area contributed by atoms with Crippen molar-refractivity contribution in [2.45, 2.75) is 31.1 Å². The molecular weight excluding hydrogens is 214 g/mol. The predicted octanol–water partition coefficient (Wildman–Crippen LogP) is 3.51. The van der Waals surface area contributed by atoms with Crippen molar-refractivity contribution >= 4 is 11.8 Å². The maximum absolute atomic E-state index is 3.44. The minimum Gasteiger partial charge on any atom is -0.317 e. The van der Waals surface area contributed by atoms with Crippen molar-refractivity contribution in [3.05, 3.63) is 29.8 Å². The molecule has 0 saturated carbocycles. The molecule has 0 aliphatic carbocycles. The number of hydrogen-bond donors (Lipinski definition) is 1. The van der Waals surface area contributed by atoms with Crippen molar-refractivity contribution in [2.24, 2.45) is 5.92 Å². The molecule has 1 N–H and O–H groups in total. The van der Waals surface area contributed by atoms with Crippen molar-refractivity contribution in [1.82, 2.24) is 5.32 Å². The number of hydrogen-bond acceptors (Lipinski definition) is 2. The molecule has 1 aliphatic heterocycles. The lowest BCUT2D eigenvalue weighted by atomic mass is 9.91. The summed E-state index contributed by atoms with van der Waals surface area (Å²) in [5, 5.41) is 3.44. The second kappa shape index (κ2) is 5.74. The largest absolute Gasteiger partial charge is 0.317 e. The Bertz CT molecular complexity index is 337. The van der Waals surface area contributed by atoms with Gasteiger partial charge in [-0.15, -0.1) is 11.8 Å². The molecule has 88 valence electrons. The van der Waals surface area contributed by atoms with Crippen molar-refractivity contribution in [1.29, 1.82) is 0 Å². The molecular formula is C14H21NS.